The van der Waals surface area contributed by atoms with Gasteiger partial charge in [-0.2, -0.15) is 0 Å². The molecular weight excluding hydrogens is 424 g/mol. The number of fused-ring (bicyclic) bond motifs is 1. The Hall–Kier alpha value is -2.68. The summed E-state index contributed by atoms with van der Waals surface area (Å²) in [5, 5.41) is 0.572. The summed E-state index contributed by atoms with van der Waals surface area (Å²) in [5.41, 5.74) is 5.63. The molecule has 31 heavy (non-hydrogen) atoms. The van der Waals surface area contributed by atoms with Crippen LogP contribution in [0.5, 0.6) is 23.0 Å². The van der Waals surface area contributed by atoms with Crippen molar-refractivity contribution in [2.75, 3.05) is 40.2 Å². The number of morpholine rings is 1. The lowest BCUT2D eigenvalue weighted by Crippen LogP contribution is -2.56. The normalized spacial score (nSPS) is 20.5. The Balaban J connectivity index is 1.50. The van der Waals surface area contributed by atoms with Gasteiger partial charge in [0.2, 0.25) is 12.7 Å². The zero-order chi connectivity index (χ0) is 21.8. The number of benzene rings is 2. The number of methoxy groups -OCH3 is 1. The summed E-state index contributed by atoms with van der Waals surface area (Å²) in [6.45, 7) is 2.55. The number of hydrogen-bond donors (Lipinski definition) is 1. The van der Waals surface area contributed by atoms with E-state index in [9.17, 15) is 4.79 Å². The molecule has 1 saturated heterocycles. The fourth-order valence-corrected chi connectivity index (χ4v) is 4.09. The molecule has 1 unspecified atom stereocenters. The van der Waals surface area contributed by atoms with Crippen LogP contribution < -0.4 is 24.7 Å². The third kappa shape index (κ3) is 5.15. The van der Waals surface area contributed by atoms with Gasteiger partial charge in [-0.1, -0.05) is 17.7 Å². The topological polar surface area (TPSA) is 92.5 Å². The van der Waals surface area contributed by atoms with E-state index in [1.54, 1.807) is 25.3 Å². The van der Waals surface area contributed by atoms with Crippen LogP contribution in [-0.2, 0) is 16.1 Å². The van der Waals surface area contributed by atoms with E-state index in [0.29, 0.717) is 54.3 Å². The van der Waals surface area contributed by atoms with Crippen LogP contribution in [0.1, 0.15) is 12.0 Å². The first-order valence-electron chi connectivity index (χ1n) is 9.96. The lowest BCUT2D eigenvalue weighted by atomic mass is 9.97. The Morgan fingerprint density at radius 1 is 1.26 bits per heavy atom. The van der Waals surface area contributed by atoms with Gasteiger partial charge in [-0.05, 0) is 24.3 Å². The minimum absolute atomic E-state index is 0.0440. The molecule has 2 aliphatic rings. The number of carbonyl (C=O) groups is 1. The highest BCUT2D eigenvalue weighted by molar-refractivity contribution is 6.30. The number of nitrogens with two attached hydrogens (primary N) is 1. The number of carbonyl (C=O) groups excluding carboxylic acids is 1. The van der Waals surface area contributed by atoms with E-state index in [2.05, 4.69) is 4.90 Å². The second-order valence-corrected chi connectivity index (χ2v) is 8.09. The van der Waals surface area contributed by atoms with Gasteiger partial charge < -0.3 is 29.4 Å². The van der Waals surface area contributed by atoms with Gasteiger partial charge in [0.1, 0.15) is 23.7 Å². The lowest BCUT2D eigenvalue weighted by Gasteiger charge is -2.42. The van der Waals surface area contributed by atoms with E-state index in [0.717, 1.165) is 5.56 Å². The van der Waals surface area contributed by atoms with Crippen molar-refractivity contribution in [2.24, 2.45) is 5.73 Å². The van der Waals surface area contributed by atoms with Crippen LogP contribution in [-0.4, -0.2) is 56.6 Å². The minimum atomic E-state index is -0.865. The first kappa shape index (κ1) is 21.5. The Labute approximate surface area is 185 Å². The highest BCUT2D eigenvalue weighted by atomic mass is 35.5. The summed E-state index contributed by atoms with van der Waals surface area (Å²) in [4.78, 5) is 14.0. The summed E-state index contributed by atoms with van der Waals surface area (Å²) < 4.78 is 28.5. The molecule has 2 aromatic carbocycles. The monoisotopic (exact) mass is 448 g/mol. The van der Waals surface area contributed by atoms with Crippen LogP contribution in [0.3, 0.4) is 0 Å². The van der Waals surface area contributed by atoms with Crippen molar-refractivity contribution in [3.8, 4) is 23.0 Å². The standard InChI is InChI=1S/C22H25ClN2O6/c1-27-18-9-20-19(29-14-30-20)7-15(18)11-25-5-6-31-22(12-25,10-21(24)26)13-28-17-4-2-3-16(23)8-17/h2-4,7-9H,5-6,10-14H2,1H3,(H2,24,26). The highest BCUT2D eigenvalue weighted by Crippen LogP contribution is 2.39. The molecule has 2 N–H and O–H groups in total. The maximum atomic E-state index is 11.8. The molecule has 4 rings (SSSR count). The molecule has 0 radical (unpaired) electrons. The largest absolute Gasteiger partial charge is 0.496 e. The molecule has 2 heterocycles. The molecule has 0 bridgehead atoms. The Morgan fingerprint density at radius 2 is 2.06 bits per heavy atom. The van der Waals surface area contributed by atoms with Gasteiger partial charge in [0.05, 0.1) is 20.1 Å². The van der Waals surface area contributed by atoms with E-state index in [4.69, 9.17) is 41.0 Å². The van der Waals surface area contributed by atoms with E-state index < -0.39 is 11.5 Å². The summed E-state index contributed by atoms with van der Waals surface area (Å²) in [6, 6.07) is 10.9. The van der Waals surface area contributed by atoms with Crippen LogP contribution in [0.25, 0.3) is 0 Å². The maximum absolute atomic E-state index is 11.8. The van der Waals surface area contributed by atoms with Gasteiger partial charge in [-0.25, -0.2) is 0 Å². The molecule has 9 heteroatoms. The molecule has 0 aliphatic carbocycles. The van der Waals surface area contributed by atoms with Gasteiger partial charge in [-0.3, -0.25) is 9.69 Å². The summed E-state index contributed by atoms with van der Waals surface area (Å²) in [6.07, 6.45) is 0.0440. The Bertz CT molecular complexity index is 956. The van der Waals surface area contributed by atoms with Crippen molar-refractivity contribution in [2.45, 2.75) is 18.6 Å². The van der Waals surface area contributed by atoms with Gasteiger partial charge >= 0.3 is 0 Å². The lowest BCUT2D eigenvalue weighted by molar-refractivity contribution is -0.148. The van der Waals surface area contributed by atoms with Crippen LogP contribution >= 0.6 is 11.6 Å². The van der Waals surface area contributed by atoms with E-state index in [-0.39, 0.29) is 19.8 Å². The first-order chi connectivity index (χ1) is 15.0. The van der Waals surface area contributed by atoms with Gasteiger partial charge in [0, 0.05) is 36.3 Å². The highest BCUT2D eigenvalue weighted by Gasteiger charge is 2.39. The fourth-order valence-electron chi connectivity index (χ4n) is 3.91. The molecule has 0 saturated carbocycles. The third-order valence-corrected chi connectivity index (χ3v) is 5.53. The van der Waals surface area contributed by atoms with E-state index in [1.807, 2.05) is 18.2 Å². The van der Waals surface area contributed by atoms with E-state index >= 15 is 0 Å². The second kappa shape index (κ2) is 9.21. The SMILES string of the molecule is COc1cc2c(cc1CN1CCOC(COc3cccc(Cl)c3)(CC(N)=O)C1)OCO2. The Morgan fingerprint density at radius 3 is 2.81 bits per heavy atom. The van der Waals surface area contributed by atoms with Crippen LogP contribution in [0, 0.1) is 0 Å². The van der Waals surface area contributed by atoms with Gasteiger partial charge in [-0.15, -0.1) is 0 Å². The minimum Gasteiger partial charge on any atom is -0.496 e. The average molecular weight is 449 g/mol. The van der Waals surface area contributed by atoms with Crippen LogP contribution in [0.2, 0.25) is 5.02 Å². The number of halogens is 1. The predicted octanol–water partition coefficient (Wildman–Crippen LogP) is 2.60. The third-order valence-electron chi connectivity index (χ3n) is 5.29. The molecule has 1 fully saturated rings. The molecular formula is C22H25ClN2O6. The number of rotatable bonds is 8. The number of amides is 1. The quantitative estimate of drug-likeness (QED) is 0.663. The number of primary amides is 1. The predicted molar refractivity (Wildman–Crippen MR) is 114 cm³/mol. The van der Waals surface area contributed by atoms with E-state index in [1.165, 1.54) is 0 Å². The molecule has 166 valence electrons. The van der Waals surface area contributed by atoms with Crippen molar-refractivity contribution >= 4 is 17.5 Å². The molecule has 1 amide bonds. The van der Waals surface area contributed by atoms with Crippen molar-refractivity contribution in [3.05, 3.63) is 47.0 Å². The second-order valence-electron chi connectivity index (χ2n) is 7.65. The average Bonchev–Trinajstić information content (AvgIpc) is 3.19. The zero-order valence-electron chi connectivity index (χ0n) is 17.3. The maximum Gasteiger partial charge on any atom is 0.231 e. The molecule has 1 atom stereocenters. The smallest absolute Gasteiger partial charge is 0.231 e. The number of nitrogens with zero attached hydrogens (tertiary/aromatic N) is 1. The molecule has 2 aromatic rings. The van der Waals surface area contributed by atoms with Gasteiger partial charge in [0.25, 0.3) is 0 Å². The molecule has 0 aromatic heterocycles. The summed E-state index contributed by atoms with van der Waals surface area (Å²) in [5.74, 6) is 2.23. The Kier molecular flexibility index (Phi) is 6.41. The van der Waals surface area contributed by atoms with Crippen molar-refractivity contribution in [3.63, 3.8) is 0 Å². The molecule has 0 spiro atoms. The van der Waals surface area contributed by atoms with Crippen molar-refractivity contribution in [1.82, 2.24) is 4.90 Å². The van der Waals surface area contributed by atoms with Crippen LogP contribution in [0.4, 0.5) is 0 Å². The van der Waals surface area contributed by atoms with Crippen molar-refractivity contribution < 1.29 is 28.5 Å². The van der Waals surface area contributed by atoms with Crippen molar-refractivity contribution in [1.29, 1.82) is 0 Å². The zero-order valence-corrected chi connectivity index (χ0v) is 18.0. The number of hydrogen-bond acceptors (Lipinski definition) is 7. The first-order valence-corrected chi connectivity index (χ1v) is 10.3. The summed E-state index contributed by atoms with van der Waals surface area (Å²) in [7, 11) is 1.62. The molecule has 2 aliphatic heterocycles. The summed E-state index contributed by atoms with van der Waals surface area (Å²) >= 11 is 6.04. The number of ether oxygens (including phenoxy) is 5. The fraction of sp³-hybridized carbons (Fsp3) is 0.409. The van der Waals surface area contributed by atoms with Crippen LogP contribution in [0.15, 0.2) is 36.4 Å². The van der Waals surface area contributed by atoms with Gasteiger partial charge in [0.15, 0.2) is 11.5 Å². The molecule has 8 nitrogen and oxygen atoms in total.